The summed E-state index contributed by atoms with van der Waals surface area (Å²) in [7, 11) is -4.14. The van der Waals surface area contributed by atoms with Gasteiger partial charge in [0, 0.05) is 12.3 Å². The average molecular weight is 451 g/mol. The zero-order valence-corrected chi connectivity index (χ0v) is 20.2. The maximum atomic E-state index is 12.1. The fourth-order valence-corrected chi connectivity index (χ4v) is 4.09. The number of aliphatic hydroxyl groups is 1. The van der Waals surface area contributed by atoms with Crippen molar-refractivity contribution in [1.82, 2.24) is 0 Å². The standard InChI is InChI=1S/C23H46O6S/c1-3-4-5-6-7-8-9-10-11-12-13-14-15-16-17-18-23(25)22(2)21-29-30(26,27)28-20-19-24/h22,24H,3-21H2,1-2H3. The SMILES string of the molecule is CCCCCCCCCCCCCCCCCC(=O)C(C)COS(=O)(=O)OCCO. The molecular weight excluding hydrogens is 404 g/mol. The van der Waals surface area contributed by atoms with Crippen molar-refractivity contribution < 1.29 is 26.7 Å². The smallest absolute Gasteiger partial charge is 0.394 e. The highest BCUT2D eigenvalue weighted by Crippen LogP contribution is 2.14. The molecule has 0 aromatic rings. The maximum Gasteiger partial charge on any atom is 0.399 e. The molecule has 0 heterocycles. The number of hydrogen-bond donors (Lipinski definition) is 1. The number of ketones is 1. The number of carbonyl (C=O) groups excluding carboxylic acids is 1. The molecule has 0 aliphatic heterocycles. The van der Waals surface area contributed by atoms with Gasteiger partial charge in [-0.3, -0.25) is 4.79 Å². The lowest BCUT2D eigenvalue weighted by Crippen LogP contribution is -2.21. The van der Waals surface area contributed by atoms with Crippen LogP contribution in [0.2, 0.25) is 0 Å². The third-order valence-corrected chi connectivity index (χ3v) is 6.24. The minimum Gasteiger partial charge on any atom is -0.394 e. The highest BCUT2D eigenvalue weighted by molar-refractivity contribution is 7.81. The molecule has 0 fully saturated rings. The van der Waals surface area contributed by atoms with Gasteiger partial charge in [-0.25, -0.2) is 8.37 Å². The second kappa shape index (κ2) is 20.4. The third-order valence-electron chi connectivity index (χ3n) is 5.36. The third kappa shape index (κ3) is 19.5. The van der Waals surface area contributed by atoms with E-state index in [0.717, 1.165) is 19.3 Å². The van der Waals surface area contributed by atoms with E-state index in [4.69, 9.17) is 5.11 Å². The number of unbranched alkanes of at least 4 members (excludes halogenated alkanes) is 14. The second-order valence-electron chi connectivity index (χ2n) is 8.31. The Hall–Kier alpha value is -0.500. The van der Waals surface area contributed by atoms with Crippen LogP contribution >= 0.6 is 0 Å². The average Bonchev–Trinajstić information content (AvgIpc) is 2.73. The number of carbonyl (C=O) groups is 1. The Kier molecular flexibility index (Phi) is 20.1. The Bertz CT molecular complexity index is 492. The van der Waals surface area contributed by atoms with Crippen LogP contribution in [0.15, 0.2) is 0 Å². The Morgan fingerprint density at radius 1 is 0.767 bits per heavy atom. The summed E-state index contributed by atoms with van der Waals surface area (Å²) in [5, 5.41) is 8.56. The quantitative estimate of drug-likeness (QED) is 0.200. The normalized spacial score (nSPS) is 12.9. The van der Waals surface area contributed by atoms with Crippen LogP contribution in [0.5, 0.6) is 0 Å². The molecule has 0 aliphatic carbocycles. The predicted molar refractivity (Wildman–Crippen MR) is 122 cm³/mol. The van der Waals surface area contributed by atoms with Crippen LogP contribution in [0.4, 0.5) is 0 Å². The van der Waals surface area contributed by atoms with Crippen LogP contribution in [0.3, 0.4) is 0 Å². The first kappa shape index (κ1) is 29.5. The highest BCUT2D eigenvalue weighted by Gasteiger charge is 2.18. The molecule has 0 saturated heterocycles. The van der Waals surface area contributed by atoms with E-state index in [0.29, 0.717) is 6.42 Å². The first-order chi connectivity index (χ1) is 14.4. The topological polar surface area (TPSA) is 89.9 Å². The van der Waals surface area contributed by atoms with E-state index in [1.54, 1.807) is 6.92 Å². The van der Waals surface area contributed by atoms with Crippen LogP contribution in [-0.2, 0) is 23.6 Å². The summed E-state index contributed by atoms with van der Waals surface area (Å²) in [6.07, 6.45) is 19.7. The summed E-state index contributed by atoms with van der Waals surface area (Å²) >= 11 is 0. The molecule has 0 aromatic carbocycles. The number of aliphatic hydroxyl groups excluding tert-OH is 1. The monoisotopic (exact) mass is 450 g/mol. The summed E-state index contributed by atoms with van der Waals surface area (Å²) in [6.45, 7) is 2.95. The molecule has 0 aromatic heterocycles. The van der Waals surface area contributed by atoms with Crippen LogP contribution in [-0.4, -0.2) is 39.1 Å². The molecule has 0 rings (SSSR count). The molecule has 0 bridgehead atoms. The minimum absolute atomic E-state index is 0.0158. The van der Waals surface area contributed by atoms with Crippen LogP contribution in [0.1, 0.15) is 117 Å². The predicted octanol–water partition coefficient (Wildman–Crippen LogP) is 5.72. The minimum atomic E-state index is -4.14. The maximum absolute atomic E-state index is 12.1. The van der Waals surface area contributed by atoms with Gasteiger partial charge < -0.3 is 5.11 Å². The summed E-state index contributed by atoms with van der Waals surface area (Å²) in [5.74, 6) is -0.466. The van der Waals surface area contributed by atoms with E-state index in [2.05, 4.69) is 15.3 Å². The van der Waals surface area contributed by atoms with Crippen molar-refractivity contribution in [3.8, 4) is 0 Å². The Labute approximate surface area is 185 Å². The van der Waals surface area contributed by atoms with Gasteiger partial charge >= 0.3 is 10.4 Å². The lowest BCUT2D eigenvalue weighted by atomic mass is 10.0. The molecule has 7 heteroatoms. The van der Waals surface area contributed by atoms with Gasteiger partial charge in [0.15, 0.2) is 0 Å². The van der Waals surface area contributed by atoms with Crippen molar-refractivity contribution in [3.05, 3.63) is 0 Å². The lowest BCUT2D eigenvalue weighted by molar-refractivity contribution is -0.123. The van der Waals surface area contributed by atoms with Gasteiger partial charge in [0.25, 0.3) is 0 Å². The van der Waals surface area contributed by atoms with E-state index >= 15 is 0 Å². The van der Waals surface area contributed by atoms with Crippen molar-refractivity contribution >= 4 is 16.2 Å². The Balaban J connectivity index is 3.46. The molecule has 1 atom stereocenters. The molecule has 0 spiro atoms. The molecule has 0 aliphatic rings. The first-order valence-electron chi connectivity index (χ1n) is 12.1. The number of hydrogen-bond acceptors (Lipinski definition) is 6. The molecular formula is C23H46O6S. The Morgan fingerprint density at radius 2 is 1.20 bits per heavy atom. The first-order valence-corrected chi connectivity index (χ1v) is 13.4. The molecule has 6 nitrogen and oxygen atoms in total. The van der Waals surface area contributed by atoms with Crippen molar-refractivity contribution in [3.63, 3.8) is 0 Å². The Morgan fingerprint density at radius 3 is 1.63 bits per heavy atom. The zero-order valence-electron chi connectivity index (χ0n) is 19.4. The molecule has 0 saturated carbocycles. The molecule has 180 valence electrons. The van der Waals surface area contributed by atoms with Gasteiger partial charge in [-0.2, -0.15) is 8.42 Å². The van der Waals surface area contributed by atoms with Crippen LogP contribution < -0.4 is 0 Å². The van der Waals surface area contributed by atoms with Crippen LogP contribution in [0, 0.1) is 5.92 Å². The zero-order chi connectivity index (χ0) is 22.5. The van der Waals surface area contributed by atoms with Crippen LogP contribution in [0.25, 0.3) is 0 Å². The van der Waals surface area contributed by atoms with E-state index in [1.165, 1.54) is 77.0 Å². The van der Waals surface area contributed by atoms with Gasteiger partial charge in [-0.05, 0) is 6.42 Å². The van der Waals surface area contributed by atoms with Crippen molar-refractivity contribution in [1.29, 1.82) is 0 Å². The fraction of sp³-hybridized carbons (Fsp3) is 0.957. The van der Waals surface area contributed by atoms with Crippen molar-refractivity contribution in [2.45, 2.75) is 117 Å². The molecule has 0 radical (unpaired) electrons. The van der Waals surface area contributed by atoms with Gasteiger partial charge in [0.05, 0.1) is 19.8 Å². The van der Waals surface area contributed by atoms with E-state index in [9.17, 15) is 13.2 Å². The van der Waals surface area contributed by atoms with Gasteiger partial charge in [0.2, 0.25) is 0 Å². The largest absolute Gasteiger partial charge is 0.399 e. The van der Waals surface area contributed by atoms with Gasteiger partial charge in [-0.15, -0.1) is 0 Å². The van der Waals surface area contributed by atoms with E-state index < -0.39 is 22.9 Å². The summed E-state index contributed by atoms with van der Waals surface area (Å²) in [6, 6.07) is 0. The highest BCUT2D eigenvalue weighted by atomic mass is 32.3. The van der Waals surface area contributed by atoms with Crippen molar-refractivity contribution in [2.24, 2.45) is 5.92 Å². The van der Waals surface area contributed by atoms with E-state index in [1.807, 2.05) is 0 Å². The van der Waals surface area contributed by atoms with Gasteiger partial charge in [0.1, 0.15) is 5.78 Å². The second-order valence-corrected chi connectivity index (χ2v) is 9.59. The lowest BCUT2D eigenvalue weighted by Gasteiger charge is -2.11. The molecule has 1 unspecified atom stereocenters. The summed E-state index contributed by atoms with van der Waals surface area (Å²) in [4.78, 5) is 12.1. The molecule has 1 N–H and O–H groups in total. The fourth-order valence-electron chi connectivity index (χ4n) is 3.37. The summed E-state index contributed by atoms with van der Waals surface area (Å²) in [5.41, 5.74) is 0. The van der Waals surface area contributed by atoms with Gasteiger partial charge in [-0.1, -0.05) is 104 Å². The van der Waals surface area contributed by atoms with Crippen molar-refractivity contribution in [2.75, 3.05) is 19.8 Å². The van der Waals surface area contributed by atoms with E-state index in [-0.39, 0.29) is 19.0 Å². The molecule has 0 amide bonds. The summed E-state index contributed by atoms with van der Waals surface area (Å²) < 4.78 is 31.8. The number of Topliss-reactive ketones (excluding diaryl/α,β-unsaturated/α-hetero) is 1. The number of rotatable bonds is 23. The molecule has 30 heavy (non-hydrogen) atoms.